The highest BCUT2D eigenvalue weighted by atomic mass is 19.4. The van der Waals surface area contributed by atoms with Crippen LogP contribution in [0, 0.1) is 0 Å². The summed E-state index contributed by atoms with van der Waals surface area (Å²) in [6.45, 7) is 0. The lowest BCUT2D eigenvalue weighted by Gasteiger charge is -2.34. The largest absolute Gasteiger partial charge is 0.460 e. The molecule has 0 spiro atoms. The normalized spacial score (nSPS) is 23.4. The van der Waals surface area contributed by atoms with Crippen LogP contribution >= 0.6 is 0 Å². The van der Waals surface area contributed by atoms with Gasteiger partial charge < -0.3 is 4.74 Å². The van der Waals surface area contributed by atoms with E-state index in [1.165, 1.54) is 0 Å². The van der Waals surface area contributed by atoms with E-state index in [-0.39, 0.29) is 0 Å². The Morgan fingerprint density at radius 2 is 0.552 bits per heavy atom. The van der Waals surface area contributed by atoms with Crippen LogP contribution < -0.4 is 0 Å². The lowest BCUT2D eigenvalue weighted by molar-refractivity contribution is -0.402. The minimum Gasteiger partial charge on any atom is -0.356 e. The predicted octanol–water partition coefficient (Wildman–Crippen LogP) is 5.69. The second-order valence-electron chi connectivity index (χ2n) is 5.52. The minimum absolute atomic E-state index is 2.77. The van der Waals surface area contributed by atoms with E-state index in [0.29, 0.717) is 0 Å². The number of rotatable bonds is 6. The van der Waals surface area contributed by atoms with E-state index in [9.17, 15) is 79.0 Å². The van der Waals surface area contributed by atoms with Gasteiger partial charge in [0, 0.05) is 0 Å². The molecule has 1 nitrogen and oxygen atoms in total. The molecular formula is C10H2F18O. The van der Waals surface area contributed by atoms with Crippen molar-refractivity contribution in [3.05, 3.63) is 0 Å². The smallest absolute Gasteiger partial charge is 0.356 e. The maximum atomic E-state index is 13.3. The number of alkyl halides is 18. The Bertz CT molecular complexity index is 572. The molecule has 0 bridgehead atoms. The number of hydrogen-bond donors (Lipinski definition) is 0. The summed E-state index contributed by atoms with van der Waals surface area (Å²) < 4.78 is 229. The fourth-order valence-corrected chi connectivity index (χ4v) is 1.80. The van der Waals surface area contributed by atoms with Crippen molar-refractivity contribution in [3.63, 3.8) is 0 Å². The summed E-state index contributed by atoms with van der Waals surface area (Å²) in [5, 5.41) is 0. The van der Waals surface area contributed by atoms with E-state index in [1.807, 2.05) is 0 Å². The Morgan fingerprint density at radius 3 is 0.724 bits per heavy atom. The molecule has 0 N–H and O–H groups in total. The van der Waals surface area contributed by atoms with E-state index >= 15 is 0 Å². The monoisotopic (exact) mass is 480 g/mol. The van der Waals surface area contributed by atoms with Gasteiger partial charge in [-0.05, 0) is 0 Å². The van der Waals surface area contributed by atoms with Gasteiger partial charge in [0.05, 0.1) is 0 Å². The van der Waals surface area contributed by atoms with Crippen molar-refractivity contribution in [2.24, 2.45) is 0 Å². The van der Waals surface area contributed by atoms with Crippen LogP contribution in [0.5, 0.6) is 0 Å². The summed E-state index contributed by atoms with van der Waals surface area (Å²) in [5.41, 5.74) is 0. The molecule has 19 heteroatoms. The first-order valence-electron chi connectivity index (χ1n) is 6.28. The molecule has 174 valence electrons. The molecule has 1 rings (SSSR count). The van der Waals surface area contributed by atoms with Gasteiger partial charge in [-0.15, -0.1) is 0 Å². The van der Waals surface area contributed by atoms with Crippen molar-refractivity contribution in [1.82, 2.24) is 0 Å². The third kappa shape index (κ3) is 3.26. The molecule has 29 heavy (non-hydrogen) atoms. The average Bonchev–Trinajstić information content (AvgIpc) is 3.25. The first-order valence-corrected chi connectivity index (χ1v) is 6.28. The fourth-order valence-electron chi connectivity index (χ4n) is 1.80. The van der Waals surface area contributed by atoms with Crippen molar-refractivity contribution in [2.75, 3.05) is 0 Å². The highest BCUT2D eigenvalue weighted by molar-refractivity contribution is 5.17. The van der Waals surface area contributed by atoms with E-state index in [1.54, 1.807) is 0 Å². The molecule has 0 aromatic rings. The lowest BCUT2D eigenvalue weighted by atomic mass is 9.94. The molecule has 2 atom stereocenters. The summed E-state index contributed by atoms with van der Waals surface area (Å²) in [6.07, 6.45) is -24.3. The predicted molar refractivity (Wildman–Crippen MR) is 50.5 cm³/mol. The summed E-state index contributed by atoms with van der Waals surface area (Å²) in [5.74, 6) is -44.8. The molecule has 0 amide bonds. The molecule has 1 heterocycles. The molecule has 0 radical (unpaired) electrons. The zero-order valence-corrected chi connectivity index (χ0v) is 12.4. The molecule has 1 aliphatic heterocycles. The maximum Gasteiger partial charge on any atom is 0.460 e. The van der Waals surface area contributed by atoms with Gasteiger partial charge in [0.25, 0.3) is 0 Å². The van der Waals surface area contributed by atoms with Crippen LogP contribution in [0.3, 0.4) is 0 Å². The van der Waals surface area contributed by atoms with Gasteiger partial charge >= 0.3 is 47.9 Å². The van der Waals surface area contributed by atoms with Crippen LogP contribution in [-0.4, -0.2) is 60.1 Å². The Labute approximate surface area is 145 Å². The highest BCUT2D eigenvalue weighted by Crippen LogP contribution is 2.62. The number of epoxide rings is 1. The first-order chi connectivity index (χ1) is 12.2. The van der Waals surface area contributed by atoms with Gasteiger partial charge in [0.2, 0.25) is 0 Å². The van der Waals surface area contributed by atoms with Gasteiger partial charge in [0.1, 0.15) is 0 Å². The summed E-state index contributed by atoms with van der Waals surface area (Å²) in [6, 6.07) is 0. The van der Waals surface area contributed by atoms with E-state index in [0.717, 1.165) is 0 Å². The Morgan fingerprint density at radius 1 is 0.345 bits per heavy atom. The topological polar surface area (TPSA) is 12.5 Å². The molecule has 0 aliphatic carbocycles. The van der Waals surface area contributed by atoms with Crippen molar-refractivity contribution in [1.29, 1.82) is 0 Å². The zero-order chi connectivity index (χ0) is 23.9. The van der Waals surface area contributed by atoms with E-state index in [4.69, 9.17) is 0 Å². The van der Waals surface area contributed by atoms with Crippen LogP contribution in [0.4, 0.5) is 79.0 Å². The number of halogens is 18. The van der Waals surface area contributed by atoms with Crippen molar-refractivity contribution in [3.8, 4) is 0 Å². The standard InChI is InChI=1S/C10H2F18O/c11-3(12,5(15,16)7(19,20)9(23,24)25)1-2(29-1)4(13,14)6(17,18)8(21,22)10(26,27)28/h1-2H. The van der Waals surface area contributed by atoms with Gasteiger partial charge in [0.15, 0.2) is 12.2 Å². The van der Waals surface area contributed by atoms with Crippen LogP contribution in [0.25, 0.3) is 0 Å². The minimum atomic E-state index is -7.67. The van der Waals surface area contributed by atoms with Gasteiger partial charge in [-0.2, -0.15) is 79.0 Å². The molecule has 1 saturated heterocycles. The van der Waals surface area contributed by atoms with E-state index in [2.05, 4.69) is 4.74 Å². The molecule has 0 saturated carbocycles. The van der Waals surface area contributed by atoms with Gasteiger partial charge in [-0.3, -0.25) is 0 Å². The molecule has 1 fully saturated rings. The second kappa shape index (κ2) is 6.12. The van der Waals surface area contributed by atoms with Gasteiger partial charge in [-0.1, -0.05) is 0 Å². The van der Waals surface area contributed by atoms with Crippen LogP contribution in [0.2, 0.25) is 0 Å². The maximum absolute atomic E-state index is 13.3. The molecular weight excluding hydrogens is 478 g/mol. The SMILES string of the molecule is FC(F)(F)C(F)(F)C(F)(F)C(F)(F)C1OC1C(F)(F)C(F)(F)C(F)(F)C(F)(F)F. The summed E-state index contributed by atoms with van der Waals surface area (Å²) >= 11 is 0. The quantitative estimate of drug-likeness (QED) is 0.352. The Hall–Kier alpha value is -1.30. The second-order valence-corrected chi connectivity index (χ2v) is 5.52. The van der Waals surface area contributed by atoms with Crippen LogP contribution in [0.1, 0.15) is 0 Å². The Balaban J connectivity index is 3.32. The lowest BCUT2D eigenvalue weighted by Crippen LogP contribution is -2.65. The third-order valence-electron chi connectivity index (χ3n) is 3.54. The zero-order valence-electron chi connectivity index (χ0n) is 12.4. The molecule has 0 aromatic heterocycles. The van der Waals surface area contributed by atoms with Crippen molar-refractivity contribution >= 4 is 0 Å². The molecule has 2 unspecified atom stereocenters. The summed E-state index contributed by atoms with van der Waals surface area (Å²) in [7, 11) is 0. The summed E-state index contributed by atoms with van der Waals surface area (Å²) in [4.78, 5) is 0. The third-order valence-corrected chi connectivity index (χ3v) is 3.54. The first kappa shape index (κ1) is 25.7. The highest BCUT2D eigenvalue weighted by Gasteiger charge is 2.91. The number of hydrogen-bond acceptors (Lipinski definition) is 1. The van der Waals surface area contributed by atoms with Crippen LogP contribution in [0.15, 0.2) is 0 Å². The van der Waals surface area contributed by atoms with Crippen molar-refractivity contribution in [2.45, 2.75) is 60.1 Å². The average molecular weight is 480 g/mol. The molecule has 0 aromatic carbocycles. The van der Waals surface area contributed by atoms with E-state index < -0.39 is 60.1 Å². The Kier molecular flexibility index (Phi) is 5.43. The number of ether oxygens (including phenoxy) is 1. The van der Waals surface area contributed by atoms with Crippen LogP contribution in [-0.2, 0) is 4.74 Å². The van der Waals surface area contributed by atoms with Gasteiger partial charge in [-0.25, -0.2) is 0 Å². The fraction of sp³-hybridized carbons (Fsp3) is 1.00. The van der Waals surface area contributed by atoms with Crippen molar-refractivity contribution < 1.29 is 83.8 Å². The molecule has 1 aliphatic rings.